The van der Waals surface area contributed by atoms with Crippen LogP contribution in [0.15, 0.2) is 36.9 Å². The van der Waals surface area contributed by atoms with Crippen LogP contribution in [0.4, 0.5) is 5.69 Å². The monoisotopic (exact) mass is 247 g/mol. The number of esters is 1. The molecule has 92 valence electrons. The van der Waals surface area contributed by atoms with Gasteiger partial charge in [-0.3, -0.25) is 10.1 Å². The van der Waals surface area contributed by atoms with Gasteiger partial charge in [0.25, 0.3) is 5.69 Å². The van der Waals surface area contributed by atoms with E-state index in [9.17, 15) is 14.9 Å². The van der Waals surface area contributed by atoms with Gasteiger partial charge in [0.15, 0.2) is 0 Å². The lowest BCUT2D eigenvalue weighted by Gasteiger charge is -2.05. The van der Waals surface area contributed by atoms with Crippen molar-refractivity contribution in [3.8, 4) is 5.69 Å². The van der Waals surface area contributed by atoms with Crippen molar-refractivity contribution in [2.24, 2.45) is 0 Å². The second-order valence-electron chi connectivity index (χ2n) is 3.42. The van der Waals surface area contributed by atoms with Gasteiger partial charge in [-0.1, -0.05) is 0 Å². The van der Waals surface area contributed by atoms with Gasteiger partial charge in [-0.05, 0) is 12.1 Å². The standard InChI is InChI=1S/C11H9N3O4/c1-18-11(15)8-2-3-9(14(16)17)10(6-8)13-5-4-12-7-13/h2-7H,1H3. The molecule has 0 radical (unpaired) electrons. The molecule has 18 heavy (non-hydrogen) atoms. The minimum atomic E-state index is -0.550. The summed E-state index contributed by atoms with van der Waals surface area (Å²) in [6.07, 6.45) is 4.47. The number of benzene rings is 1. The molecular weight excluding hydrogens is 238 g/mol. The third-order valence-corrected chi connectivity index (χ3v) is 2.38. The van der Waals surface area contributed by atoms with E-state index in [1.165, 1.54) is 42.4 Å². The Bertz CT molecular complexity index is 592. The fourth-order valence-corrected chi connectivity index (χ4v) is 1.53. The zero-order chi connectivity index (χ0) is 13.1. The van der Waals surface area contributed by atoms with E-state index in [1.54, 1.807) is 6.20 Å². The first-order valence-electron chi connectivity index (χ1n) is 4.98. The Morgan fingerprint density at radius 1 is 1.50 bits per heavy atom. The van der Waals surface area contributed by atoms with Crippen LogP contribution < -0.4 is 0 Å². The molecule has 0 aliphatic carbocycles. The van der Waals surface area contributed by atoms with Crippen LogP contribution in [0.2, 0.25) is 0 Å². The largest absolute Gasteiger partial charge is 0.465 e. The molecule has 1 aromatic carbocycles. The number of ether oxygens (including phenoxy) is 1. The number of imidazole rings is 1. The third kappa shape index (κ3) is 2.05. The summed E-state index contributed by atoms with van der Waals surface area (Å²) in [6.45, 7) is 0. The average Bonchev–Trinajstić information content (AvgIpc) is 2.90. The summed E-state index contributed by atoms with van der Waals surface area (Å²) in [7, 11) is 1.25. The Morgan fingerprint density at radius 3 is 2.83 bits per heavy atom. The molecule has 0 spiro atoms. The van der Waals surface area contributed by atoms with Crippen molar-refractivity contribution >= 4 is 11.7 Å². The Balaban J connectivity index is 2.59. The summed E-state index contributed by atoms with van der Waals surface area (Å²) in [5.41, 5.74) is 0.396. The van der Waals surface area contributed by atoms with Gasteiger partial charge in [-0.15, -0.1) is 0 Å². The second kappa shape index (κ2) is 4.66. The van der Waals surface area contributed by atoms with Crippen LogP contribution in [0.5, 0.6) is 0 Å². The number of carbonyl (C=O) groups excluding carboxylic acids is 1. The molecule has 0 saturated carbocycles. The zero-order valence-electron chi connectivity index (χ0n) is 9.44. The topological polar surface area (TPSA) is 87.3 Å². The highest BCUT2D eigenvalue weighted by atomic mass is 16.6. The van der Waals surface area contributed by atoms with E-state index >= 15 is 0 Å². The lowest BCUT2D eigenvalue weighted by molar-refractivity contribution is -0.384. The van der Waals surface area contributed by atoms with Crippen molar-refractivity contribution in [2.45, 2.75) is 0 Å². The second-order valence-corrected chi connectivity index (χ2v) is 3.42. The summed E-state index contributed by atoms with van der Waals surface area (Å²) in [5, 5.41) is 10.9. The van der Waals surface area contributed by atoms with Gasteiger partial charge in [0.2, 0.25) is 0 Å². The molecule has 2 rings (SSSR count). The van der Waals surface area contributed by atoms with Crippen LogP contribution in [0.1, 0.15) is 10.4 Å². The summed E-state index contributed by atoms with van der Waals surface area (Å²) >= 11 is 0. The highest BCUT2D eigenvalue weighted by molar-refractivity contribution is 5.90. The molecule has 2 aromatic rings. The molecule has 0 atom stereocenters. The third-order valence-electron chi connectivity index (χ3n) is 2.38. The van der Waals surface area contributed by atoms with Crippen molar-refractivity contribution < 1.29 is 14.5 Å². The van der Waals surface area contributed by atoms with Gasteiger partial charge in [0.1, 0.15) is 5.69 Å². The van der Waals surface area contributed by atoms with Crippen LogP contribution >= 0.6 is 0 Å². The Labute approximate surface area is 102 Å². The van der Waals surface area contributed by atoms with E-state index in [2.05, 4.69) is 9.72 Å². The smallest absolute Gasteiger partial charge is 0.337 e. The number of aromatic nitrogens is 2. The zero-order valence-corrected chi connectivity index (χ0v) is 9.44. The Morgan fingerprint density at radius 2 is 2.28 bits per heavy atom. The van der Waals surface area contributed by atoms with Crippen molar-refractivity contribution in [3.05, 3.63) is 52.6 Å². The molecule has 0 amide bonds. The Kier molecular flexibility index (Phi) is 3.05. The number of nitrogens with zero attached hydrogens (tertiary/aromatic N) is 3. The van der Waals surface area contributed by atoms with E-state index in [-0.39, 0.29) is 16.9 Å². The van der Waals surface area contributed by atoms with Gasteiger partial charge in [0, 0.05) is 18.5 Å². The van der Waals surface area contributed by atoms with Crippen LogP contribution in [-0.4, -0.2) is 27.6 Å². The minimum absolute atomic E-state index is 0.111. The Hall–Kier alpha value is -2.70. The predicted molar refractivity (Wildman–Crippen MR) is 61.6 cm³/mol. The number of hydrogen-bond acceptors (Lipinski definition) is 5. The summed E-state index contributed by atoms with van der Waals surface area (Å²) < 4.78 is 6.04. The van der Waals surface area contributed by atoms with Crippen molar-refractivity contribution in [3.63, 3.8) is 0 Å². The maximum absolute atomic E-state index is 11.4. The lowest BCUT2D eigenvalue weighted by Crippen LogP contribution is -2.05. The van der Waals surface area contributed by atoms with Crippen LogP contribution in [0.25, 0.3) is 5.69 Å². The molecule has 0 saturated heterocycles. The van der Waals surface area contributed by atoms with E-state index in [1.807, 2.05) is 0 Å². The first kappa shape index (κ1) is 11.8. The fraction of sp³-hybridized carbons (Fsp3) is 0.0909. The number of methoxy groups -OCH3 is 1. The molecule has 0 N–H and O–H groups in total. The molecule has 0 fully saturated rings. The van der Waals surface area contributed by atoms with Crippen LogP contribution in [-0.2, 0) is 4.74 Å². The summed E-state index contributed by atoms with van der Waals surface area (Å²) in [4.78, 5) is 25.6. The summed E-state index contributed by atoms with van der Waals surface area (Å²) in [5.74, 6) is -0.550. The van der Waals surface area contributed by atoms with Crippen LogP contribution in [0.3, 0.4) is 0 Å². The van der Waals surface area contributed by atoms with Gasteiger partial charge in [-0.25, -0.2) is 9.78 Å². The van der Waals surface area contributed by atoms with Crippen molar-refractivity contribution in [2.75, 3.05) is 7.11 Å². The predicted octanol–water partition coefficient (Wildman–Crippen LogP) is 1.57. The van der Waals surface area contributed by atoms with Gasteiger partial charge < -0.3 is 9.30 Å². The van der Waals surface area contributed by atoms with Gasteiger partial charge >= 0.3 is 5.97 Å². The highest BCUT2D eigenvalue weighted by Gasteiger charge is 2.18. The van der Waals surface area contributed by atoms with Gasteiger partial charge in [-0.2, -0.15) is 0 Å². The molecular formula is C11H9N3O4. The van der Waals surface area contributed by atoms with E-state index in [0.717, 1.165) is 0 Å². The van der Waals surface area contributed by atoms with Crippen molar-refractivity contribution in [1.82, 2.24) is 9.55 Å². The minimum Gasteiger partial charge on any atom is -0.465 e. The van der Waals surface area contributed by atoms with E-state index < -0.39 is 10.9 Å². The number of carbonyl (C=O) groups is 1. The van der Waals surface area contributed by atoms with E-state index in [4.69, 9.17) is 0 Å². The normalized spacial score (nSPS) is 10.1. The molecule has 7 nitrogen and oxygen atoms in total. The first-order valence-corrected chi connectivity index (χ1v) is 4.98. The fourth-order valence-electron chi connectivity index (χ4n) is 1.53. The maximum Gasteiger partial charge on any atom is 0.337 e. The number of nitro groups is 1. The number of nitro benzene ring substituents is 1. The van der Waals surface area contributed by atoms with E-state index in [0.29, 0.717) is 0 Å². The molecule has 0 unspecified atom stereocenters. The molecule has 0 aliphatic heterocycles. The lowest BCUT2D eigenvalue weighted by atomic mass is 10.1. The van der Waals surface area contributed by atoms with Crippen LogP contribution in [0, 0.1) is 10.1 Å². The molecule has 0 aliphatic rings. The average molecular weight is 247 g/mol. The maximum atomic E-state index is 11.4. The number of rotatable bonds is 3. The van der Waals surface area contributed by atoms with Crippen molar-refractivity contribution in [1.29, 1.82) is 0 Å². The first-order chi connectivity index (χ1) is 8.63. The number of hydrogen-bond donors (Lipinski definition) is 0. The molecule has 7 heteroatoms. The molecule has 0 bridgehead atoms. The molecule has 1 heterocycles. The van der Waals surface area contributed by atoms with Gasteiger partial charge in [0.05, 0.1) is 23.9 Å². The quantitative estimate of drug-likeness (QED) is 0.466. The molecule has 1 aromatic heterocycles. The summed E-state index contributed by atoms with van der Waals surface area (Å²) in [6, 6.07) is 4.01. The SMILES string of the molecule is COC(=O)c1ccc([N+](=O)[O-])c(-n2ccnc2)c1. The highest BCUT2D eigenvalue weighted by Crippen LogP contribution is 2.24.